The first-order valence-corrected chi connectivity index (χ1v) is 6.58. The minimum Gasteiger partial charge on any atom is -0.437 e. The van der Waals surface area contributed by atoms with Crippen LogP contribution in [0.25, 0.3) is 10.8 Å². The van der Waals surface area contributed by atoms with Gasteiger partial charge in [-0.2, -0.15) is 4.98 Å². The van der Waals surface area contributed by atoms with E-state index in [1.165, 1.54) is 0 Å². The maximum Gasteiger partial charge on any atom is 0.239 e. The lowest BCUT2D eigenvalue weighted by Gasteiger charge is -2.09. The van der Waals surface area contributed by atoms with Crippen LogP contribution < -0.4 is 10.1 Å². The van der Waals surface area contributed by atoms with Crippen LogP contribution in [-0.2, 0) is 0 Å². The number of nitrogens with one attached hydrogen (secondary N) is 1. The lowest BCUT2D eigenvalue weighted by atomic mass is 10.1. The molecule has 1 N–H and O–H groups in total. The Morgan fingerprint density at radius 2 is 1.90 bits per heavy atom. The molecule has 0 saturated heterocycles. The summed E-state index contributed by atoms with van der Waals surface area (Å²) in [5.74, 6) is 1.98. The van der Waals surface area contributed by atoms with Gasteiger partial charge in [0.2, 0.25) is 5.88 Å². The van der Waals surface area contributed by atoms with Crippen LogP contribution in [-0.4, -0.2) is 16.5 Å². The van der Waals surface area contributed by atoms with Gasteiger partial charge in [0.05, 0.1) is 12.4 Å². The summed E-state index contributed by atoms with van der Waals surface area (Å²) in [6.45, 7) is 2.81. The highest BCUT2D eigenvalue weighted by atomic mass is 16.5. The monoisotopic (exact) mass is 265 g/mol. The van der Waals surface area contributed by atoms with Crippen LogP contribution >= 0.6 is 0 Å². The lowest BCUT2D eigenvalue weighted by molar-refractivity contribution is 0.466. The lowest BCUT2D eigenvalue weighted by Crippen LogP contribution is -2.00. The van der Waals surface area contributed by atoms with Crippen molar-refractivity contribution in [3.8, 4) is 11.6 Å². The normalized spacial score (nSPS) is 10.4. The first kappa shape index (κ1) is 12.4. The van der Waals surface area contributed by atoms with Gasteiger partial charge in [-0.15, -0.1) is 0 Å². The van der Waals surface area contributed by atoms with E-state index < -0.39 is 0 Å². The Hall–Kier alpha value is -2.62. The van der Waals surface area contributed by atoms with Gasteiger partial charge in [-0.1, -0.05) is 36.4 Å². The summed E-state index contributed by atoms with van der Waals surface area (Å²) in [4.78, 5) is 8.50. The fourth-order valence-corrected chi connectivity index (χ4v) is 2.06. The zero-order chi connectivity index (χ0) is 13.8. The average molecular weight is 265 g/mol. The van der Waals surface area contributed by atoms with Crippen molar-refractivity contribution in [3.63, 3.8) is 0 Å². The van der Waals surface area contributed by atoms with Crippen molar-refractivity contribution < 1.29 is 4.74 Å². The molecule has 4 heteroatoms. The fourth-order valence-electron chi connectivity index (χ4n) is 2.06. The Morgan fingerprint density at radius 3 is 2.80 bits per heavy atom. The van der Waals surface area contributed by atoms with Gasteiger partial charge in [-0.05, 0) is 18.4 Å². The number of nitrogens with zero attached hydrogens (tertiary/aromatic N) is 2. The highest BCUT2D eigenvalue weighted by molar-refractivity contribution is 5.88. The summed E-state index contributed by atoms with van der Waals surface area (Å²) in [6.07, 6.45) is 3.29. The minimum atomic E-state index is 0.486. The van der Waals surface area contributed by atoms with Crippen molar-refractivity contribution in [2.45, 2.75) is 6.92 Å². The molecule has 4 nitrogen and oxygen atoms in total. The number of hydrogen-bond acceptors (Lipinski definition) is 4. The Labute approximate surface area is 117 Å². The number of anilines is 1. The number of fused-ring (bicyclic) bond motifs is 1. The van der Waals surface area contributed by atoms with Gasteiger partial charge < -0.3 is 10.1 Å². The van der Waals surface area contributed by atoms with Crippen LogP contribution in [0.4, 0.5) is 5.82 Å². The molecule has 1 aromatic heterocycles. The van der Waals surface area contributed by atoms with E-state index in [1.54, 1.807) is 12.4 Å². The maximum atomic E-state index is 5.87. The summed E-state index contributed by atoms with van der Waals surface area (Å²) in [5.41, 5.74) is 0. The standard InChI is InChI=1S/C16H15N3O/c1-2-18-15-10-17-11-16(19-15)20-14-9-5-7-12-6-3-4-8-13(12)14/h3-11H,2H2,1H3,(H,18,19). The molecule has 0 spiro atoms. The summed E-state index contributed by atoms with van der Waals surface area (Å²) in [6, 6.07) is 14.1. The maximum absolute atomic E-state index is 5.87. The molecule has 0 amide bonds. The number of rotatable bonds is 4. The Bertz CT molecular complexity index is 722. The summed E-state index contributed by atoms with van der Waals surface area (Å²) in [7, 11) is 0. The molecule has 1 heterocycles. The average Bonchev–Trinajstić information content (AvgIpc) is 2.48. The predicted octanol–water partition coefficient (Wildman–Crippen LogP) is 3.85. The Morgan fingerprint density at radius 1 is 1.05 bits per heavy atom. The van der Waals surface area contributed by atoms with Gasteiger partial charge in [0.1, 0.15) is 11.6 Å². The minimum absolute atomic E-state index is 0.486. The Kier molecular flexibility index (Phi) is 3.46. The molecule has 0 aliphatic heterocycles. The molecule has 0 atom stereocenters. The zero-order valence-corrected chi connectivity index (χ0v) is 11.2. The van der Waals surface area contributed by atoms with Crippen molar-refractivity contribution in [2.24, 2.45) is 0 Å². The fraction of sp³-hybridized carbons (Fsp3) is 0.125. The van der Waals surface area contributed by atoms with Crippen LogP contribution in [0.3, 0.4) is 0 Å². The number of ether oxygens (including phenoxy) is 1. The smallest absolute Gasteiger partial charge is 0.239 e. The van der Waals surface area contributed by atoms with Crippen LogP contribution in [0.2, 0.25) is 0 Å². The summed E-state index contributed by atoms with van der Waals surface area (Å²) in [5, 5.41) is 5.32. The van der Waals surface area contributed by atoms with Gasteiger partial charge in [-0.3, -0.25) is 4.98 Å². The van der Waals surface area contributed by atoms with E-state index in [1.807, 2.05) is 37.3 Å². The van der Waals surface area contributed by atoms with E-state index in [0.29, 0.717) is 11.7 Å². The van der Waals surface area contributed by atoms with E-state index in [4.69, 9.17) is 4.74 Å². The number of hydrogen-bond donors (Lipinski definition) is 1. The summed E-state index contributed by atoms with van der Waals surface area (Å²) >= 11 is 0. The second-order valence-corrected chi connectivity index (χ2v) is 4.35. The van der Waals surface area contributed by atoms with Crippen molar-refractivity contribution in [1.82, 2.24) is 9.97 Å². The molecule has 0 fully saturated rings. The molecule has 0 aliphatic carbocycles. The van der Waals surface area contributed by atoms with Gasteiger partial charge in [0.15, 0.2) is 0 Å². The molecule has 3 aromatic rings. The largest absolute Gasteiger partial charge is 0.437 e. The van der Waals surface area contributed by atoms with Crippen LogP contribution in [0.1, 0.15) is 6.92 Å². The SMILES string of the molecule is CCNc1cncc(Oc2cccc3ccccc23)n1. The van der Waals surface area contributed by atoms with E-state index >= 15 is 0 Å². The third-order valence-electron chi connectivity index (χ3n) is 2.93. The van der Waals surface area contributed by atoms with E-state index in [9.17, 15) is 0 Å². The molecule has 3 rings (SSSR count). The van der Waals surface area contributed by atoms with Crippen molar-refractivity contribution in [3.05, 3.63) is 54.9 Å². The molecule has 0 unspecified atom stereocenters. The predicted molar refractivity (Wildman–Crippen MR) is 80.2 cm³/mol. The third kappa shape index (κ3) is 2.54. The number of benzene rings is 2. The van der Waals surface area contributed by atoms with Crippen LogP contribution in [0, 0.1) is 0 Å². The summed E-state index contributed by atoms with van der Waals surface area (Å²) < 4.78 is 5.87. The molecule has 20 heavy (non-hydrogen) atoms. The van der Waals surface area contributed by atoms with Gasteiger partial charge in [-0.25, -0.2) is 0 Å². The van der Waals surface area contributed by atoms with Crippen molar-refractivity contribution in [1.29, 1.82) is 0 Å². The van der Waals surface area contributed by atoms with Crippen molar-refractivity contribution >= 4 is 16.6 Å². The van der Waals surface area contributed by atoms with Gasteiger partial charge in [0, 0.05) is 11.9 Å². The molecule has 0 radical (unpaired) electrons. The van der Waals surface area contributed by atoms with E-state index in [0.717, 1.165) is 23.1 Å². The van der Waals surface area contributed by atoms with E-state index in [2.05, 4.69) is 27.4 Å². The molecule has 0 saturated carbocycles. The Balaban J connectivity index is 1.95. The molecule has 2 aromatic carbocycles. The highest BCUT2D eigenvalue weighted by Crippen LogP contribution is 2.28. The van der Waals surface area contributed by atoms with Crippen LogP contribution in [0.15, 0.2) is 54.9 Å². The highest BCUT2D eigenvalue weighted by Gasteiger charge is 2.05. The number of aromatic nitrogens is 2. The quantitative estimate of drug-likeness (QED) is 0.778. The molecule has 0 aliphatic rings. The van der Waals surface area contributed by atoms with Crippen LogP contribution in [0.5, 0.6) is 11.6 Å². The third-order valence-corrected chi connectivity index (χ3v) is 2.93. The molecule has 0 bridgehead atoms. The molecular formula is C16H15N3O. The van der Waals surface area contributed by atoms with Crippen molar-refractivity contribution in [2.75, 3.05) is 11.9 Å². The topological polar surface area (TPSA) is 47.0 Å². The first-order valence-electron chi connectivity index (χ1n) is 6.58. The zero-order valence-electron chi connectivity index (χ0n) is 11.2. The molecule has 100 valence electrons. The van der Waals surface area contributed by atoms with Gasteiger partial charge >= 0.3 is 0 Å². The molecular weight excluding hydrogens is 250 g/mol. The second-order valence-electron chi connectivity index (χ2n) is 4.35. The van der Waals surface area contributed by atoms with Gasteiger partial charge in [0.25, 0.3) is 0 Å². The first-order chi connectivity index (χ1) is 9.86. The van der Waals surface area contributed by atoms with E-state index in [-0.39, 0.29) is 0 Å². The second kappa shape index (κ2) is 5.57.